The zero-order valence-electron chi connectivity index (χ0n) is 9.58. The summed E-state index contributed by atoms with van der Waals surface area (Å²) in [5.74, 6) is 0.727. The molecule has 1 aromatic carbocycles. The van der Waals surface area contributed by atoms with Crippen LogP contribution in [0.15, 0.2) is 30.3 Å². The Kier molecular flexibility index (Phi) is 2.62. The molecule has 1 unspecified atom stereocenters. The SMILES string of the molecule is [2H]C([2H])(C)C(CC)Oc1ccccc1. The molecule has 1 heteroatoms. The van der Waals surface area contributed by atoms with Gasteiger partial charge >= 0.3 is 0 Å². The Balaban J connectivity index is 2.67. The summed E-state index contributed by atoms with van der Waals surface area (Å²) in [4.78, 5) is 0. The van der Waals surface area contributed by atoms with Crippen LogP contribution in [0.25, 0.3) is 0 Å². The van der Waals surface area contributed by atoms with Gasteiger partial charge in [0.25, 0.3) is 0 Å². The smallest absolute Gasteiger partial charge is 0.119 e. The monoisotopic (exact) mass is 166 g/mol. The first-order chi connectivity index (χ1) is 6.54. The molecule has 0 heterocycles. The van der Waals surface area contributed by atoms with E-state index in [1.165, 1.54) is 0 Å². The van der Waals surface area contributed by atoms with Crippen LogP contribution < -0.4 is 4.74 Å². The highest BCUT2D eigenvalue weighted by molar-refractivity contribution is 5.21. The van der Waals surface area contributed by atoms with E-state index in [-0.39, 0.29) is 6.10 Å². The molecule has 0 amide bonds. The number of rotatable bonds is 4. The number of para-hydroxylation sites is 1. The lowest BCUT2D eigenvalue weighted by Gasteiger charge is -2.14. The molecule has 66 valence electrons. The van der Waals surface area contributed by atoms with E-state index in [2.05, 4.69) is 0 Å². The highest BCUT2D eigenvalue weighted by atomic mass is 16.5. The second kappa shape index (κ2) is 4.81. The van der Waals surface area contributed by atoms with Crippen LogP contribution >= 0.6 is 0 Å². The van der Waals surface area contributed by atoms with Gasteiger partial charge in [0.05, 0.1) is 6.10 Å². The summed E-state index contributed by atoms with van der Waals surface area (Å²) >= 11 is 0. The fourth-order valence-corrected chi connectivity index (χ4v) is 1.01. The maximum Gasteiger partial charge on any atom is 0.119 e. The van der Waals surface area contributed by atoms with Crippen LogP contribution in [0.1, 0.15) is 29.4 Å². The number of ether oxygens (including phenoxy) is 1. The van der Waals surface area contributed by atoms with Crippen LogP contribution in [0.3, 0.4) is 0 Å². The number of hydrogen-bond donors (Lipinski definition) is 0. The number of hydrogen-bond acceptors (Lipinski definition) is 1. The van der Waals surface area contributed by atoms with Crippen molar-refractivity contribution in [2.45, 2.75) is 32.7 Å². The Hall–Kier alpha value is -0.980. The summed E-state index contributed by atoms with van der Waals surface area (Å²) in [6, 6.07) is 9.36. The van der Waals surface area contributed by atoms with E-state index < -0.39 is 6.37 Å². The summed E-state index contributed by atoms with van der Waals surface area (Å²) in [5, 5.41) is 0. The minimum absolute atomic E-state index is 0.384. The van der Waals surface area contributed by atoms with Crippen molar-refractivity contribution >= 4 is 0 Å². The van der Waals surface area contributed by atoms with Crippen molar-refractivity contribution in [3.63, 3.8) is 0 Å². The zero-order chi connectivity index (χ0) is 10.6. The fourth-order valence-electron chi connectivity index (χ4n) is 1.01. The van der Waals surface area contributed by atoms with Gasteiger partial charge in [0.2, 0.25) is 0 Å². The molecular formula is C11H16O. The van der Waals surface area contributed by atoms with Crippen molar-refractivity contribution in [2.75, 3.05) is 0 Å². The normalized spacial score (nSPS) is 16.2. The van der Waals surface area contributed by atoms with E-state index in [0.29, 0.717) is 6.42 Å². The summed E-state index contributed by atoms with van der Waals surface area (Å²) in [6.07, 6.45) is -1.02. The summed E-state index contributed by atoms with van der Waals surface area (Å²) < 4.78 is 20.7. The lowest BCUT2D eigenvalue weighted by Crippen LogP contribution is -2.13. The van der Waals surface area contributed by atoms with Gasteiger partial charge in [-0.25, -0.2) is 0 Å². The Morgan fingerprint density at radius 3 is 2.50 bits per heavy atom. The quantitative estimate of drug-likeness (QED) is 0.667. The van der Waals surface area contributed by atoms with E-state index >= 15 is 0 Å². The van der Waals surface area contributed by atoms with Gasteiger partial charge in [-0.2, -0.15) is 0 Å². The van der Waals surface area contributed by atoms with Crippen molar-refractivity contribution < 1.29 is 7.48 Å². The van der Waals surface area contributed by atoms with E-state index in [9.17, 15) is 0 Å². The maximum atomic E-state index is 7.58. The van der Waals surface area contributed by atoms with Crippen molar-refractivity contribution in [3.8, 4) is 5.75 Å². The number of benzene rings is 1. The third-order valence-electron chi connectivity index (χ3n) is 1.71. The average Bonchev–Trinajstić information content (AvgIpc) is 2.14. The van der Waals surface area contributed by atoms with Gasteiger partial charge in [0.15, 0.2) is 0 Å². The van der Waals surface area contributed by atoms with Gasteiger partial charge in [-0.3, -0.25) is 0 Å². The van der Waals surface area contributed by atoms with Crippen molar-refractivity contribution in [1.29, 1.82) is 0 Å². The molecule has 0 fully saturated rings. The Morgan fingerprint density at radius 1 is 1.33 bits per heavy atom. The van der Waals surface area contributed by atoms with E-state index in [1.807, 2.05) is 37.3 Å². The first-order valence-electron chi connectivity index (χ1n) is 5.25. The Bertz CT molecular complexity index is 266. The zero-order valence-corrected chi connectivity index (χ0v) is 7.58. The van der Waals surface area contributed by atoms with E-state index in [1.54, 1.807) is 6.92 Å². The largest absolute Gasteiger partial charge is 0.490 e. The molecule has 12 heavy (non-hydrogen) atoms. The van der Waals surface area contributed by atoms with Crippen LogP contribution in [0, 0.1) is 0 Å². The third kappa shape index (κ3) is 2.57. The first kappa shape index (κ1) is 6.53. The van der Waals surface area contributed by atoms with Gasteiger partial charge < -0.3 is 4.74 Å². The molecule has 0 aromatic heterocycles. The molecule has 1 nitrogen and oxygen atoms in total. The van der Waals surface area contributed by atoms with Crippen LogP contribution in [0.2, 0.25) is 0 Å². The summed E-state index contributed by atoms with van der Waals surface area (Å²) in [5.41, 5.74) is 0. The molecule has 0 aliphatic carbocycles. The van der Waals surface area contributed by atoms with Gasteiger partial charge in [0.1, 0.15) is 5.75 Å². The molecule has 0 saturated carbocycles. The Morgan fingerprint density at radius 2 is 2.00 bits per heavy atom. The molecule has 1 atom stereocenters. The van der Waals surface area contributed by atoms with E-state index in [4.69, 9.17) is 7.48 Å². The molecule has 0 aliphatic heterocycles. The van der Waals surface area contributed by atoms with Crippen LogP contribution in [-0.2, 0) is 0 Å². The molecule has 0 aliphatic rings. The molecule has 0 bridgehead atoms. The van der Waals surface area contributed by atoms with Gasteiger partial charge in [-0.15, -0.1) is 0 Å². The van der Waals surface area contributed by atoms with Crippen molar-refractivity contribution in [2.24, 2.45) is 0 Å². The van der Waals surface area contributed by atoms with Crippen LogP contribution in [0.5, 0.6) is 5.75 Å². The topological polar surface area (TPSA) is 9.23 Å². The minimum atomic E-state index is -1.30. The minimum Gasteiger partial charge on any atom is -0.490 e. The fraction of sp³-hybridized carbons (Fsp3) is 0.455. The van der Waals surface area contributed by atoms with Gasteiger partial charge in [-0.1, -0.05) is 32.0 Å². The second-order valence-corrected chi connectivity index (χ2v) is 2.62. The highest BCUT2D eigenvalue weighted by Gasteiger charge is 2.03. The average molecular weight is 166 g/mol. The molecular weight excluding hydrogens is 148 g/mol. The van der Waals surface area contributed by atoms with E-state index in [0.717, 1.165) is 5.75 Å². The van der Waals surface area contributed by atoms with Crippen LogP contribution in [0.4, 0.5) is 0 Å². The highest BCUT2D eigenvalue weighted by Crippen LogP contribution is 2.13. The molecule has 0 N–H and O–H groups in total. The molecule has 0 spiro atoms. The summed E-state index contributed by atoms with van der Waals surface area (Å²) in [7, 11) is 0. The molecule has 1 rings (SSSR count). The standard InChI is InChI=1S/C11H16O/c1-3-10(4-2)12-11-8-6-5-7-9-11/h5-10H,3-4H2,1-2H3/i3D2. The second-order valence-electron chi connectivity index (χ2n) is 2.62. The third-order valence-corrected chi connectivity index (χ3v) is 1.71. The van der Waals surface area contributed by atoms with Gasteiger partial charge in [-0.05, 0) is 24.9 Å². The Labute approximate surface area is 77.2 Å². The van der Waals surface area contributed by atoms with Crippen LogP contribution in [-0.4, -0.2) is 6.10 Å². The molecule has 0 saturated heterocycles. The predicted octanol–water partition coefficient (Wildman–Crippen LogP) is 3.25. The maximum absolute atomic E-state index is 7.58. The lowest BCUT2D eigenvalue weighted by molar-refractivity contribution is 0.193. The summed E-state index contributed by atoms with van der Waals surface area (Å²) in [6.45, 7) is 3.47. The van der Waals surface area contributed by atoms with Crippen molar-refractivity contribution in [1.82, 2.24) is 0 Å². The van der Waals surface area contributed by atoms with Crippen molar-refractivity contribution in [3.05, 3.63) is 30.3 Å². The molecule has 1 aromatic rings. The predicted molar refractivity (Wildman–Crippen MR) is 51.4 cm³/mol. The van der Waals surface area contributed by atoms with Gasteiger partial charge in [0, 0.05) is 2.74 Å². The lowest BCUT2D eigenvalue weighted by atomic mass is 10.2. The molecule has 0 radical (unpaired) electrons. The first-order valence-corrected chi connectivity index (χ1v) is 4.25.